The van der Waals surface area contributed by atoms with E-state index in [9.17, 15) is 4.79 Å². The van der Waals surface area contributed by atoms with Gasteiger partial charge in [-0.1, -0.05) is 27.2 Å². The number of carbonyl (C=O) groups is 1. The van der Waals surface area contributed by atoms with Crippen LogP contribution in [0.5, 0.6) is 0 Å². The van der Waals surface area contributed by atoms with Gasteiger partial charge in [0.25, 0.3) is 5.91 Å². The van der Waals surface area contributed by atoms with Crippen LogP contribution in [-0.4, -0.2) is 31.0 Å². The van der Waals surface area contributed by atoms with E-state index in [0.29, 0.717) is 18.0 Å². The summed E-state index contributed by atoms with van der Waals surface area (Å²) in [7, 11) is 2.02. The molecule has 0 aliphatic carbocycles. The van der Waals surface area contributed by atoms with Crippen molar-refractivity contribution < 1.29 is 4.79 Å². The smallest absolute Gasteiger partial charge is 0.252 e. The van der Waals surface area contributed by atoms with Crippen LogP contribution in [0.15, 0.2) is 18.3 Å². The van der Waals surface area contributed by atoms with Gasteiger partial charge in [-0.2, -0.15) is 0 Å². The zero-order chi connectivity index (χ0) is 14.3. The normalized spacial score (nSPS) is 10.6. The van der Waals surface area contributed by atoms with Gasteiger partial charge in [-0.05, 0) is 24.5 Å². The third-order valence-electron chi connectivity index (χ3n) is 2.92. The molecule has 0 bridgehead atoms. The van der Waals surface area contributed by atoms with Crippen molar-refractivity contribution in [3.8, 4) is 0 Å². The largest absolute Gasteiger partial charge is 0.360 e. The average Bonchev–Trinajstić information content (AvgIpc) is 2.42. The summed E-state index contributed by atoms with van der Waals surface area (Å²) in [5.74, 6) is 1.31. The Kier molecular flexibility index (Phi) is 6.33. The summed E-state index contributed by atoms with van der Waals surface area (Å²) in [5, 5.41) is 2.89. The molecule has 0 saturated heterocycles. The van der Waals surface area contributed by atoms with Crippen LogP contribution >= 0.6 is 0 Å². The average molecular weight is 263 g/mol. The van der Waals surface area contributed by atoms with Crippen LogP contribution in [0.25, 0.3) is 0 Å². The molecule has 0 fully saturated rings. The van der Waals surface area contributed by atoms with Crippen molar-refractivity contribution in [2.24, 2.45) is 5.92 Å². The van der Waals surface area contributed by atoms with E-state index in [1.165, 1.54) is 6.42 Å². The second-order valence-electron chi connectivity index (χ2n) is 5.28. The van der Waals surface area contributed by atoms with Crippen LogP contribution < -0.4 is 10.2 Å². The second kappa shape index (κ2) is 7.77. The highest BCUT2D eigenvalue weighted by atomic mass is 16.1. The summed E-state index contributed by atoms with van der Waals surface area (Å²) >= 11 is 0. The minimum Gasteiger partial charge on any atom is -0.360 e. The predicted octanol–water partition coefficient (Wildman–Crippen LogP) is 2.70. The number of hydrogen-bond donors (Lipinski definition) is 1. The van der Waals surface area contributed by atoms with Crippen molar-refractivity contribution in [1.82, 2.24) is 10.3 Å². The van der Waals surface area contributed by atoms with Crippen molar-refractivity contribution in [2.45, 2.75) is 33.6 Å². The van der Waals surface area contributed by atoms with E-state index in [0.717, 1.165) is 18.8 Å². The minimum absolute atomic E-state index is 0.0519. The molecule has 0 radical (unpaired) electrons. The first-order chi connectivity index (χ1) is 9.04. The van der Waals surface area contributed by atoms with Crippen LogP contribution in [0.2, 0.25) is 0 Å². The molecule has 0 unspecified atom stereocenters. The lowest BCUT2D eigenvalue weighted by atomic mass is 10.2. The number of nitrogens with one attached hydrogen (secondary N) is 1. The molecule has 0 aliphatic rings. The number of hydrogen-bond acceptors (Lipinski definition) is 3. The van der Waals surface area contributed by atoms with Crippen molar-refractivity contribution in [1.29, 1.82) is 0 Å². The third kappa shape index (κ3) is 5.28. The van der Waals surface area contributed by atoms with E-state index in [2.05, 4.69) is 36.0 Å². The monoisotopic (exact) mass is 263 g/mol. The van der Waals surface area contributed by atoms with Gasteiger partial charge in [0.1, 0.15) is 5.82 Å². The molecule has 1 aromatic heterocycles. The molecule has 0 saturated carbocycles. The molecule has 0 aromatic carbocycles. The SMILES string of the molecule is CCCCN(C)c1ccc(C(=O)NCC(C)C)cn1. The highest BCUT2D eigenvalue weighted by molar-refractivity contribution is 5.94. The first-order valence-corrected chi connectivity index (χ1v) is 7.00. The number of pyridine rings is 1. The van der Waals surface area contributed by atoms with Crippen molar-refractivity contribution >= 4 is 11.7 Å². The van der Waals surface area contributed by atoms with E-state index in [-0.39, 0.29) is 5.91 Å². The Labute approximate surface area is 116 Å². The Morgan fingerprint density at radius 3 is 2.68 bits per heavy atom. The Morgan fingerprint density at radius 2 is 2.16 bits per heavy atom. The summed E-state index contributed by atoms with van der Waals surface area (Å²) < 4.78 is 0. The van der Waals surface area contributed by atoms with Gasteiger partial charge in [0.05, 0.1) is 5.56 Å². The standard InChI is InChI=1S/C15H25N3O/c1-5-6-9-18(4)14-8-7-13(11-16-14)15(19)17-10-12(2)3/h7-8,11-12H,5-6,9-10H2,1-4H3,(H,17,19). The zero-order valence-electron chi connectivity index (χ0n) is 12.4. The lowest BCUT2D eigenvalue weighted by Gasteiger charge is -2.17. The van der Waals surface area contributed by atoms with Gasteiger partial charge in [0, 0.05) is 26.3 Å². The molecule has 1 N–H and O–H groups in total. The molecule has 19 heavy (non-hydrogen) atoms. The number of aromatic nitrogens is 1. The maximum absolute atomic E-state index is 11.8. The molecule has 4 nitrogen and oxygen atoms in total. The highest BCUT2D eigenvalue weighted by Crippen LogP contribution is 2.10. The van der Waals surface area contributed by atoms with E-state index >= 15 is 0 Å². The molecule has 1 rings (SSSR count). The Morgan fingerprint density at radius 1 is 1.42 bits per heavy atom. The molecule has 0 spiro atoms. The van der Waals surface area contributed by atoms with Crippen LogP contribution in [0.3, 0.4) is 0 Å². The first-order valence-electron chi connectivity index (χ1n) is 7.00. The van der Waals surface area contributed by atoms with E-state index < -0.39 is 0 Å². The quantitative estimate of drug-likeness (QED) is 0.822. The zero-order valence-corrected chi connectivity index (χ0v) is 12.4. The highest BCUT2D eigenvalue weighted by Gasteiger charge is 2.08. The fourth-order valence-electron chi connectivity index (χ4n) is 1.65. The van der Waals surface area contributed by atoms with Gasteiger partial charge in [0.15, 0.2) is 0 Å². The lowest BCUT2D eigenvalue weighted by molar-refractivity contribution is 0.0948. The van der Waals surface area contributed by atoms with Gasteiger partial charge < -0.3 is 10.2 Å². The molecule has 1 heterocycles. The number of anilines is 1. The molecule has 0 atom stereocenters. The molecule has 1 amide bonds. The van der Waals surface area contributed by atoms with Crippen LogP contribution in [0.1, 0.15) is 44.0 Å². The van der Waals surface area contributed by atoms with Crippen molar-refractivity contribution in [2.75, 3.05) is 25.0 Å². The summed E-state index contributed by atoms with van der Waals surface area (Å²) in [5.41, 5.74) is 0.619. The van der Waals surface area contributed by atoms with E-state index in [4.69, 9.17) is 0 Å². The minimum atomic E-state index is -0.0519. The van der Waals surface area contributed by atoms with Crippen molar-refractivity contribution in [3.05, 3.63) is 23.9 Å². The summed E-state index contributed by atoms with van der Waals surface area (Å²) in [6.45, 7) is 8.00. The van der Waals surface area contributed by atoms with Gasteiger partial charge >= 0.3 is 0 Å². The summed E-state index contributed by atoms with van der Waals surface area (Å²) in [6, 6.07) is 3.74. The Bertz CT molecular complexity index is 387. The summed E-state index contributed by atoms with van der Waals surface area (Å²) in [6.07, 6.45) is 3.96. The predicted molar refractivity (Wildman–Crippen MR) is 79.6 cm³/mol. The Balaban J connectivity index is 2.57. The summed E-state index contributed by atoms with van der Waals surface area (Å²) in [4.78, 5) is 18.3. The van der Waals surface area contributed by atoms with Gasteiger partial charge in [0.2, 0.25) is 0 Å². The number of nitrogens with zero attached hydrogens (tertiary/aromatic N) is 2. The van der Waals surface area contributed by atoms with Gasteiger partial charge in [-0.3, -0.25) is 4.79 Å². The second-order valence-corrected chi connectivity index (χ2v) is 5.28. The van der Waals surface area contributed by atoms with Crippen LogP contribution in [-0.2, 0) is 0 Å². The number of carbonyl (C=O) groups excluding carboxylic acids is 1. The van der Waals surface area contributed by atoms with E-state index in [1.807, 2.05) is 19.2 Å². The maximum atomic E-state index is 11.8. The van der Waals surface area contributed by atoms with Crippen LogP contribution in [0, 0.1) is 5.92 Å². The van der Waals surface area contributed by atoms with Gasteiger partial charge in [-0.25, -0.2) is 4.98 Å². The first kappa shape index (κ1) is 15.5. The lowest BCUT2D eigenvalue weighted by Crippen LogP contribution is -2.27. The molecule has 0 aliphatic heterocycles. The Hall–Kier alpha value is -1.58. The topological polar surface area (TPSA) is 45.2 Å². The number of rotatable bonds is 7. The van der Waals surface area contributed by atoms with E-state index in [1.54, 1.807) is 6.20 Å². The van der Waals surface area contributed by atoms with Crippen LogP contribution in [0.4, 0.5) is 5.82 Å². The fraction of sp³-hybridized carbons (Fsp3) is 0.600. The molecule has 4 heteroatoms. The molecular weight excluding hydrogens is 238 g/mol. The molecular formula is C15H25N3O. The third-order valence-corrected chi connectivity index (χ3v) is 2.92. The van der Waals surface area contributed by atoms with Crippen molar-refractivity contribution in [3.63, 3.8) is 0 Å². The van der Waals surface area contributed by atoms with Gasteiger partial charge in [-0.15, -0.1) is 0 Å². The fourth-order valence-corrected chi connectivity index (χ4v) is 1.65. The number of amides is 1. The number of unbranched alkanes of at least 4 members (excludes halogenated alkanes) is 1. The molecule has 106 valence electrons. The molecule has 1 aromatic rings. The maximum Gasteiger partial charge on any atom is 0.252 e.